The molecule has 24 heavy (non-hydrogen) atoms. The minimum atomic E-state index is -3.59. The summed E-state index contributed by atoms with van der Waals surface area (Å²) in [6, 6.07) is 3.16. The number of rotatable bonds is 3. The van der Waals surface area contributed by atoms with Crippen LogP contribution < -0.4 is 4.72 Å². The van der Waals surface area contributed by atoms with E-state index < -0.39 is 20.0 Å². The number of aryl methyl sites for hydroxylation is 1. The van der Waals surface area contributed by atoms with Gasteiger partial charge in [0.1, 0.15) is 0 Å². The van der Waals surface area contributed by atoms with Crippen LogP contribution in [0.2, 0.25) is 0 Å². The molecule has 1 aromatic carbocycles. The lowest BCUT2D eigenvalue weighted by atomic mass is 9.94. The molecular weight excluding hydrogens is 352 g/mol. The number of nitrogens with one attached hydrogen (secondary N) is 1. The van der Waals surface area contributed by atoms with Crippen LogP contribution in [-0.2, 0) is 26.5 Å². The fraction of sp³-hybridized carbons (Fsp3) is 0.400. The molecule has 0 saturated carbocycles. The summed E-state index contributed by atoms with van der Waals surface area (Å²) in [7, 11) is -7.07. The molecule has 1 aromatic heterocycles. The number of ketones is 1. The Morgan fingerprint density at radius 3 is 2.33 bits per heavy atom. The molecule has 130 valence electrons. The first kappa shape index (κ1) is 17.0. The van der Waals surface area contributed by atoms with E-state index in [1.807, 2.05) is 0 Å². The second-order valence-electron chi connectivity index (χ2n) is 6.18. The number of benzene rings is 1. The first-order valence-electron chi connectivity index (χ1n) is 7.38. The van der Waals surface area contributed by atoms with Crippen LogP contribution in [0, 0.1) is 6.92 Å². The van der Waals surface area contributed by atoms with Crippen LogP contribution in [0.3, 0.4) is 0 Å². The Labute approximate surface area is 140 Å². The Balaban J connectivity index is 2.43. The monoisotopic (exact) mass is 370 g/mol. The van der Waals surface area contributed by atoms with Gasteiger partial charge in [0, 0.05) is 23.1 Å². The van der Waals surface area contributed by atoms with Gasteiger partial charge in [0.15, 0.2) is 5.78 Å². The van der Waals surface area contributed by atoms with Crippen LogP contribution in [0.5, 0.6) is 0 Å². The number of sulfonamides is 1. The van der Waals surface area contributed by atoms with Crippen molar-refractivity contribution in [3.05, 3.63) is 29.0 Å². The molecule has 7 nitrogen and oxygen atoms in total. The second-order valence-corrected chi connectivity index (χ2v) is 9.76. The first-order chi connectivity index (χ1) is 11.0. The summed E-state index contributed by atoms with van der Waals surface area (Å²) in [4.78, 5) is 12.4. The highest BCUT2D eigenvalue weighted by Crippen LogP contribution is 2.36. The standard InChI is InChI=1S/C15H18N2O5S2/c1-9-7-13-10(8-11(9)16-23(2,19)20)15-12(5-4-6-14(15)18)17(13)24(3,21)22/h7-8,16H,4-6H2,1-3H3. The highest BCUT2D eigenvalue weighted by Gasteiger charge is 2.29. The van der Waals surface area contributed by atoms with Gasteiger partial charge in [0.25, 0.3) is 0 Å². The van der Waals surface area contributed by atoms with Crippen molar-refractivity contribution < 1.29 is 21.6 Å². The molecule has 0 fully saturated rings. The fourth-order valence-corrected chi connectivity index (χ4v) is 4.94. The lowest BCUT2D eigenvalue weighted by Gasteiger charge is -2.13. The maximum Gasteiger partial charge on any atom is 0.236 e. The Bertz CT molecular complexity index is 1080. The third-order valence-corrected chi connectivity index (χ3v) is 5.76. The molecule has 1 aliphatic rings. The van der Waals surface area contributed by atoms with E-state index in [1.165, 1.54) is 3.97 Å². The minimum absolute atomic E-state index is 0.113. The number of nitrogens with zero attached hydrogens (tertiary/aromatic N) is 1. The number of fused-ring (bicyclic) bond motifs is 3. The van der Waals surface area contributed by atoms with Crippen LogP contribution in [0.4, 0.5) is 5.69 Å². The van der Waals surface area contributed by atoms with Crippen molar-refractivity contribution in [3.8, 4) is 0 Å². The van der Waals surface area contributed by atoms with Gasteiger partial charge >= 0.3 is 0 Å². The zero-order valence-electron chi connectivity index (χ0n) is 13.6. The summed E-state index contributed by atoms with van der Waals surface area (Å²) >= 11 is 0. The van der Waals surface area contributed by atoms with Gasteiger partial charge in [-0.25, -0.2) is 20.8 Å². The van der Waals surface area contributed by atoms with E-state index in [4.69, 9.17) is 0 Å². The van der Waals surface area contributed by atoms with Crippen LogP contribution >= 0.6 is 0 Å². The van der Waals surface area contributed by atoms with Gasteiger partial charge in [-0.2, -0.15) is 0 Å². The topological polar surface area (TPSA) is 102 Å². The van der Waals surface area contributed by atoms with Crippen molar-refractivity contribution in [2.45, 2.75) is 26.2 Å². The van der Waals surface area contributed by atoms with Crippen molar-refractivity contribution >= 4 is 42.4 Å². The summed E-state index contributed by atoms with van der Waals surface area (Å²) in [6.07, 6.45) is 3.60. The first-order valence-corrected chi connectivity index (χ1v) is 11.1. The van der Waals surface area contributed by atoms with E-state index in [0.29, 0.717) is 52.7 Å². The third-order valence-electron chi connectivity index (χ3n) is 4.09. The molecule has 0 bridgehead atoms. The van der Waals surface area contributed by atoms with Gasteiger partial charge < -0.3 is 0 Å². The van der Waals surface area contributed by atoms with Crippen molar-refractivity contribution in [2.75, 3.05) is 17.2 Å². The zero-order chi connectivity index (χ0) is 17.9. The van der Waals surface area contributed by atoms with Crippen molar-refractivity contribution in [3.63, 3.8) is 0 Å². The highest BCUT2D eigenvalue weighted by atomic mass is 32.2. The molecule has 0 atom stereocenters. The van der Waals surface area contributed by atoms with Gasteiger partial charge in [-0.05, 0) is 37.5 Å². The van der Waals surface area contributed by atoms with E-state index in [2.05, 4.69) is 4.72 Å². The molecule has 0 amide bonds. The number of hydrogen-bond donors (Lipinski definition) is 1. The van der Waals surface area contributed by atoms with Gasteiger partial charge in [0.2, 0.25) is 20.0 Å². The lowest BCUT2D eigenvalue weighted by Crippen LogP contribution is -2.18. The van der Waals surface area contributed by atoms with E-state index in [9.17, 15) is 21.6 Å². The van der Waals surface area contributed by atoms with E-state index in [-0.39, 0.29) is 5.78 Å². The summed E-state index contributed by atoms with van der Waals surface area (Å²) in [5.41, 5.74) is 2.21. The van der Waals surface area contributed by atoms with E-state index in [0.717, 1.165) is 12.5 Å². The molecule has 1 N–H and O–H groups in total. The summed E-state index contributed by atoms with van der Waals surface area (Å²) in [5.74, 6) is -0.113. The van der Waals surface area contributed by atoms with Crippen molar-refractivity contribution in [1.29, 1.82) is 0 Å². The second kappa shape index (κ2) is 5.32. The van der Waals surface area contributed by atoms with E-state index in [1.54, 1.807) is 19.1 Å². The SMILES string of the molecule is Cc1cc2c(cc1NS(C)(=O)=O)c1c(n2S(C)(=O)=O)CCCC1=O. The smallest absolute Gasteiger partial charge is 0.236 e. The Hall–Kier alpha value is -1.87. The molecule has 3 rings (SSSR count). The predicted octanol–water partition coefficient (Wildman–Crippen LogP) is 1.65. The minimum Gasteiger partial charge on any atom is -0.294 e. The number of Topliss-reactive ketones (excluding diaryl/α,β-unsaturated/α-hetero) is 1. The summed E-state index contributed by atoms with van der Waals surface area (Å²) in [6.45, 7) is 1.69. The average molecular weight is 370 g/mol. The molecule has 1 aliphatic carbocycles. The molecule has 0 spiro atoms. The zero-order valence-corrected chi connectivity index (χ0v) is 15.2. The molecule has 0 unspecified atom stereocenters. The fourth-order valence-electron chi connectivity index (χ4n) is 3.23. The quantitative estimate of drug-likeness (QED) is 0.885. The molecule has 0 aliphatic heterocycles. The number of anilines is 1. The molecular formula is C15H18N2O5S2. The molecule has 9 heteroatoms. The highest BCUT2D eigenvalue weighted by molar-refractivity contribution is 7.92. The normalized spacial score (nSPS) is 15.5. The largest absolute Gasteiger partial charge is 0.294 e. The van der Waals surface area contributed by atoms with E-state index >= 15 is 0 Å². The number of hydrogen-bond acceptors (Lipinski definition) is 5. The van der Waals surface area contributed by atoms with Gasteiger partial charge in [-0.1, -0.05) is 0 Å². The Kier molecular flexibility index (Phi) is 3.76. The average Bonchev–Trinajstić information content (AvgIpc) is 2.71. The maximum absolute atomic E-state index is 12.4. The summed E-state index contributed by atoms with van der Waals surface area (Å²) < 4.78 is 51.2. The van der Waals surface area contributed by atoms with Crippen LogP contribution in [0.1, 0.15) is 34.5 Å². The third kappa shape index (κ3) is 2.82. The molecule has 1 heterocycles. The molecule has 2 aromatic rings. The Morgan fingerprint density at radius 2 is 1.75 bits per heavy atom. The van der Waals surface area contributed by atoms with Crippen molar-refractivity contribution in [2.24, 2.45) is 0 Å². The Morgan fingerprint density at radius 1 is 1.08 bits per heavy atom. The van der Waals surface area contributed by atoms with Gasteiger partial charge in [-0.3, -0.25) is 9.52 Å². The van der Waals surface area contributed by atoms with Crippen LogP contribution in [0.25, 0.3) is 10.9 Å². The van der Waals surface area contributed by atoms with Gasteiger partial charge in [0.05, 0.1) is 23.7 Å². The summed E-state index contributed by atoms with van der Waals surface area (Å²) in [5, 5.41) is 0.469. The predicted molar refractivity (Wildman–Crippen MR) is 92.7 cm³/mol. The van der Waals surface area contributed by atoms with Crippen LogP contribution in [-0.4, -0.2) is 39.1 Å². The van der Waals surface area contributed by atoms with Gasteiger partial charge in [-0.15, -0.1) is 0 Å². The maximum atomic E-state index is 12.4. The number of carbonyl (C=O) groups excluding carboxylic acids is 1. The molecule has 0 radical (unpaired) electrons. The lowest BCUT2D eigenvalue weighted by molar-refractivity contribution is 0.0974. The number of carbonyl (C=O) groups is 1. The number of aromatic nitrogens is 1. The van der Waals surface area contributed by atoms with Crippen LogP contribution in [0.15, 0.2) is 12.1 Å². The molecule has 0 saturated heterocycles. The van der Waals surface area contributed by atoms with Crippen molar-refractivity contribution in [1.82, 2.24) is 3.97 Å².